The Morgan fingerprint density at radius 1 is 1.46 bits per heavy atom. The molecule has 0 saturated carbocycles. The van der Waals surface area contributed by atoms with Gasteiger partial charge in [0.2, 0.25) is 0 Å². The molecule has 0 spiro atoms. The molecule has 0 aliphatic carbocycles. The molecule has 2 aromatic rings. The molecule has 0 atom stereocenters. The molecule has 0 aliphatic rings. The van der Waals surface area contributed by atoms with E-state index in [9.17, 15) is 0 Å². The van der Waals surface area contributed by atoms with Crippen molar-refractivity contribution in [2.75, 3.05) is 0 Å². The van der Waals surface area contributed by atoms with Crippen LogP contribution in [0.3, 0.4) is 0 Å². The molecular weight excluding hydrogens is 228 g/mol. The molecule has 0 fully saturated rings. The van der Waals surface area contributed by atoms with Gasteiger partial charge in [-0.05, 0) is 35.0 Å². The first-order chi connectivity index (χ1) is 6.22. The molecule has 13 heavy (non-hydrogen) atoms. The van der Waals surface area contributed by atoms with Crippen molar-refractivity contribution in [1.29, 1.82) is 0 Å². The van der Waals surface area contributed by atoms with Crippen molar-refractivity contribution in [1.82, 2.24) is 4.98 Å². The Morgan fingerprint density at radius 2 is 2.23 bits per heavy atom. The number of H-pyrrole nitrogens is 1. The lowest BCUT2D eigenvalue weighted by atomic mass is 10.1. The van der Waals surface area contributed by atoms with E-state index in [4.69, 9.17) is 5.73 Å². The zero-order chi connectivity index (χ0) is 9.42. The number of fused-ring (bicyclic) bond motifs is 1. The Kier molecular flexibility index (Phi) is 2.14. The van der Waals surface area contributed by atoms with Gasteiger partial charge in [0, 0.05) is 23.0 Å². The van der Waals surface area contributed by atoms with Crippen molar-refractivity contribution in [2.24, 2.45) is 5.73 Å². The van der Waals surface area contributed by atoms with Crippen molar-refractivity contribution < 1.29 is 0 Å². The standard InChI is InChI=1S/C10H11BrN2/c1-6-2-3-9-7(4-6)8(5-12)10(11)13-9/h2-4,13H,5,12H2,1H3. The van der Waals surface area contributed by atoms with E-state index in [1.54, 1.807) is 0 Å². The highest BCUT2D eigenvalue weighted by Gasteiger charge is 2.06. The molecule has 0 aliphatic heterocycles. The number of hydrogen-bond acceptors (Lipinski definition) is 1. The smallest absolute Gasteiger partial charge is 0.0876 e. The first-order valence-corrected chi connectivity index (χ1v) is 4.98. The number of aromatic amines is 1. The van der Waals surface area contributed by atoms with E-state index in [0.717, 1.165) is 15.7 Å². The van der Waals surface area contributed by atoms with Crippen molar-refractivity contribution in [3.05, 3.63) is 33.9 Å². The number of nitrogens with one attached hydrogen (secondary N) is 1. The molecule has 0 amide bonds. The van der Waals surface area contributed by atoms with Gasteiger partial charge in [-0.2, -0.15) is 0 Å². The summed E-state index contributed by atoms with van der Waals surface area (Å²) < 4.78 is 0.996. The molecule has 0 radical (unpaired) electrons. The first kappa shape index (κ1) is 8.78. The van der Waals surface area contributed by atoms with E-state index < -0.39 is 0 Å². The Hall–Kier alpha value is -0.800. The predicted molar refractivity (Wildman–Crippen MR) is 58.6 cm³/mol. The van der Waals surface area contributed by atoms with Gasteiger partial charge in [0.15, 0.2) is 0 Å². The minimum atomic E-state index is 0.560. The average molecular weight is 239 g/mol. The third kappa shape index (κ3) is 1.38. The maximum absolute atomic E-state index is 5.66. The molecule has 1 heterocycles. The van der Waals surface area contributed by atoms with Crippen molar-refractivity contribution >= 4 is 26.8 Å². The summed E-state index contributed by atoms with van der Waals surface area (Å²) >= 11 is 3.46. The monoisotopic (exact) mass is 238 g/mol. The minimum absolute atomic E-state index is 0.560. The van der Waals surface area contributed by atoms with E-state index in [1.807, 2.05) is 0 Å². The normalized spacial score (nSPS) is 11.0. The summed E-state index contributed by atoms with van der Waals surface area (Å²) in [6.45, 7) is 2.64. The third-order valence-electron chi connectivity index (χ3n) is 2.21. The summed E-state index contributed by atoms with van der Waals surface area (Å²) in [5, 5.41) is 1.22. The molecule has 3 heteroatoms. The summed E-state index contributed by atoms with van der Waals surface area (Å²) in [6, 6.07) is 6.32. The minimum Gasteiger partial charge on any atom is -0.349 e. The quantitative estimate of drug-likeness (QED) is 0.789. The summed E-state index contributed by atoms with van der Waals surface area (Å²) in [4.78, 5) is 3.24. The van der Waals surface area contributed by atoms with Crippen LogP contribution in [0.25, 0.3) is 10.9 Å². The van der Waals surface area contributed by atoms with E-state index >= 15 is 0 Å². The Bertz CT molecular complexity index is 445. The number of hydrogen-bond donors (Lipinski definition) is 2. The van der Waals surface area contributed by atoms with Crippen molar-refractivity contribution in [2.45, 2.75) is 13.5 Å². The lowest BCUT2D eigenvalue weighted by molar-refractivity contribution is 1.07. The fourth-order valence-corrected chi connectivity index (χ4v) is 2.12. The average Bonchev–Trinajstić information content (AvgIpc) is 2.40. The highest BCUT2D eigenvalue weighted by molar-refractivity contribution is 9.10. The van der Waals surface area contributed by atoms with Crippen LogP contribution in [-0.2, 0) is 6.54 Å². The molecular formula is C10H11BrN2. The van der Waals surface area contributed by atoms with Gasteiger partial charge in [-0.25, -0.2) is 0 Å². The number of aromatic nitrogens is 1. The Labute approximate surface area is 85.3 Å². The van der Waals surface area contributed by atoms with Crippen LogP contribution in [0.5, 0.6) is 0 Å². The maximum Gasteiger partial charge on any atom is 0.0876 e. The lowest BCUT2D eigenvalue weighted by Gasteiger charge is -1.95. The number of nitrogens with two attached hydrogens (primary N) is 1. The van der Waals surface area contributed by atoms with Crippen molar-refractivity contribution in [3.8, 4) is 0 Å². The van der Waals surface area contributed by atoms with Crippen LogP contribution in [0.1, 0.15) is 11.1 Å². The van der Waals surface area contributed by atoms with Crippen molar-refractivity contribution in [3.63, 3.8) is 0 Å². The van der Waals surface area contributed by atoms with E-state index in [-0.39, 0.29) is 0 Å². The van der Waals surface area contributed by atoms with Crippen LogP contribution in [-0.4, -0.2) is 4.98 Å². The molecule has 1 aromatic carbocycles. The van der Waals surface area contributed by atoms with Crippen LogP contribution in [0.2, 0.25) is 0 Å². The van der Waals surface area contributed by atoms with Gasteiger partial charge >= 0.3 is 0 Å². The van der Waals surface area contributed by atoms with Crippen LogP contribution in [0, 0.1) is 6.92 Å². The third-order valence-corrected chi connectivity index (χ3v) is 2.89. The second kappa shape index (κ2) is 3.16. The van der Waals surface area contributed by atoms with Gasteiger partial charge in [-0.3, -0.25) is 0 Å². The molecule has 0 unspecified atom stereocenters. The maximum atomic E-state index is 5.66. The molecule has 0 bridgehead atoms. The fraction of sp³-hybridized carbons (Fsp3) is 0.200. The highest BCUT2D eigenvalue weighted by atomic mass is 79.9. The second-order valence-electron chi connectivity index (χ2n) is 3.17. The van der Waals surface area contributed by atoms with E-state index in [1.165, 1.54) is 10.9 Å². The highest BCUT2D eigenvalue weighted by Crippen LogP contribution is 2.26. The molecule has 3 N–H and O–H groups in total. The van der Waals surface area contributed by atoms with Gasteiger partial charge in [-0.15, -0.1) is 0 Å². The van der Waals surface area contributed by atoms with Crippen LogP contribution < -0.4 is 5.73 Å². The molecule has 2 nitrogen and oxygen atoms in total. The number of aryl methyl sites for hydroxylation is 1. The van der Waals surface area contributed by atoms with Gasteiger partial charge in [0.05, 0.1) is 4.60 Å². The van der Waals surface area contributed by atoms with Gasteiger partial charge < -0.3 is 10.7 Å². The predicted octanol–water partition coefficient (Wildman–Crippen LogP) is 2.70. The second-order valence-corrected chi connectivity index (χ2v) is 3.96. The Balaban J connectivity index is 2.80. The summed E-state index contributed by atoms with van der Waals surface area (Å²) in [6.07, 6.45) is 0. The van der Waals surface area contributed by atoms with Crippen LogP contribution in [0.15, 0.2) is 22.8 Å². The largest absolute Gasteiger partial charge is 0.349 e. The molecule has 2 rings (SSSR count). The van der Waals surface area contributed by atoms with Crippen LogP contribution >= 0.6 is 15.9 Å². The summed E-state index contributed by atoms with van der Waals surface area (Å²) in [7, 11) is 0. The number of halogens is 1. The molecule has 68 valence electrons. The summed E-state index contributed by atoms with van der Waals surface area (Å²) in [5.41, 5.74) is 9.21. The Morgan fingerprint density at radius 3 is 2.92 bits per heavy atom. The SMILES string of the molecule is Cc1ccc2[nH]c(Br)c(CN)c2c1. The van der Waals surface area contributed by atoms with Crippen LogP contribution in [0.4, 0.5) is 0 Å². The van der Waals surface area contributed by atoms with Gasteiger partial charge in [0.1, 0.15) is 0 Å². The van der Waals surface area contributed by atoms with Gasteiger partial charge in [-0.1, -0.05) is 11.6 Å². The molecule has 1 aromatic heterocycles. The van der Waals surface area contributed by atoms with E-state index in [0.29, 0.717) is 6.54 Å². The topological polar surface area (TPSA) is 41.8 Å². The summed E-state index contributed by atoms with van der Waals surface area (Å²) in [5.74, 6) is 0. The first-order valence-electron chi connectivity index (χ1n) is 4.19. The molecule has 0 saturated heterocycles. The van der Waals surface area contributed by atoms with E-state index in [2.05, 4.69) is 46.0 Å². The fourth-order valence-electron chi connectivity index (χ4n) is 1.53. The number of benzene rings is 1. The zero-order valence-electron chi connectivity index (χ0n) is 7.39. The number of rotatable bonds is 1. The zero-order valence-corrected chi connectivity index (χ0v) is 8.98. The lowest BCUT2D eigenvalue weighted by Crippen LogP contribution is -1.95. The van der Waals surface area contributed by atoms with Gasteiger partial charge in [0.25, 0.3) is 0 Å².